The number of carbonyl (C=O) groups excluding carboxylic acids is 2. The number of Topliss-reactive ketones (excluding diaryl/α,β-unsaturated/α-hetero) is 1. The van der Waals surface area contributed by atoms with Crippen molar-refractivity contribution in [2.75, 3.05) is 19.8 Å². The number of aliphatic hydroxyl groups is 1. The van der Waals surface area contributed by atoms with Crippen LogP contribution < -0.4 is 9.47 Å². The van der Waals surface area contributed by atoms with E-state index in [1.165, 1.54) is 11.3 Å². The second kappa shape index (κ2) is 8.51. The van der Waals surface area contributed by atoms with Crippen molar-refractivity contribution in [3.05, 3.63) is 70.4 Å². The van der Waals surface area contributed by atoms with Crippen LogP contribution in [0.5, 0.6) is 11.5 Å². The van der Waals surface area contributed by atoms with Crippen LogP contribution in [0.15, 0.2) is 60.0 Å². The molecule has 1 N–H and O–H groups in total. The van der Waals surface area contributed by atoms with Gasteiger partial charge in [-0.1, -0.05) is 6.07 Å². The summed E-state index contributed by atoms with van der Waals surface area (Å²) in [4.78, 5) is 32.4. The molecule has 9 heteroatoms. The van der Waals surface area contributed by atoms with Crippen LogP contribution in [0.1, 0.15) is 22.9 Å². The molecule has 2 aromatic heterocycles. The molecule has 1 atom stereocenters. The normalized spacial score (nSPS) is 19.5. The minimum atomic E-state index is -0.682. The molecule has 1 amide bonds. The largest absolute Gasteiger partial charge is 0.507 e. The molecular formula is C23H21N3O5S. The van der Waals surface area contributed by atoms with E-state index >= 15 is 0 Å². The highest BCUT2D eigenvalue weighted by atomic mass is 32.1. The highest BCUT2D eigenvalue weighted by molar-refractivity contribution is 7.10. The third-order valence-electron chi connectivity index (χ3n) is 5.54. The Balaban J connectivity index is 1.49. The van der Waals surface area contributed by atoms with Crippen molar-refractivity contribution in [1.82, 2.24) is 14.5 Å². The molecule has 0 bridgehead atoms. The average Bonchev–Trinajstić information content (AvgIpc) is 3.57. The Kier molecular flexibility index (Phi) is 5.40. The van der Waals surface area contributed by atoms with E-state index in [0.717, 1.165) is 4.88 Å². The first kappa shape index (κ1) is 20.3. The third kappa shape index (κ3) is 3.64. The molecule has 2 aliphatic heterocycles. The highest BCUT2D eigenvalue weighted by Crippen LogP contribution is 2.42. The third-order valence-corrected chi connectivity index (χ3v) is 6.47. The molecule has 5 rings (SSSR count). The van der Waals surface area contributed by atoms with Crippen LogP contribution >= 0.6 is 11.3 Å². The van der Waals surface area contributed by atoms with Gasteiger partial charge in [-0.25, -0.2) is 4.98 Å². The Morgan fingerprint density at radius 3 is 2.75 bits per heavy atom. The molecule has 1 fully saturated rings. The number of hydrogen-bond donors (Lipinski definition) is 1. The maximum atomic E-state index is 13.0. The van der Waals surface area contributed by atoms with Crippen LogP contribution in [0, 0.1) is 0 Å². The zero-order valence-corrected chi connectivity index (χ0v) is 18.0. The summed E-state index contributed by atoms with van der Waals surface area (Å²) in [7, 11) is 0. The molecule has 1 saturated heterocycles. The second-order valence-electron chi connectivity index (χ2n) is 7.52. The van der Waals surface area contributed by atoms with Crippen molar-refractivity contribution in [3.8, 4) is 11.5 Å². The number of nitrogens with zero attached hydrogens (tertiary/aromatic N) is 3. The standard InChI is InChI=1S/C23H21N3O5S/c27-21(15-4-5-16-17(13-15)31-11-10-30-16)19-20(18-3-1-12-32-18)26(23(29)22(19)28)8-2-7-25-9-6-24-14-25/h1,3-6,9,12-14,20,27H,2,7-8,10-11H2/t20-/m0/s1. The molecule has 8 nitrogen and oxygen atoms in total. The van der Waals surface area contributed by atoms with Gasteiger partial charge in [0.2, 0.25) is 0 Å². The molecule has 0 unspecified atom stereocenters. The average molecular weight is 452 g/mol. The van der Waals surface area contributed by atoms with Gasteiger partial charge < -0.3 is 24.0 Å². The van der Waals surface area contributed by atoms with E-state index in [2.05, 4.69) is 4.98 Å². The minimum Gasteiger partial charge on any atom is -0.507 e. The first-order chi connectivity index (χ1) is 15.6. The number of ether oxygens (including phenoxy) is 2. The molecule has 0 spiro atoms. The van der Waals surface area contributed by atoms with Crippen molar-refractivity contribution >= 4 is 28.8 Å². The predicted octanol–water partition coefficient (Wildman–Crippen LogP) is 3.23. The van der Waals surface area contributed by atoms with Gasteiger partial charge in [0.1, 0.15) is 19.0 Å². The first-order valence-corrected chi connectivity index (χ1v) is 11.2. The van der Waals surface area contributed by atoms with Crippen LogP contribution in [-0.2, 0) is 16.1 Å². The molecule has 0 saturated carbocycles. The number of aromatic nitrogens is 2. The van der Waals surface area contributed by atoms with Gasteiger partial charge in [0.05, 0.1) is 17.9 Å². The zero-order chi connectivity index (χ0) is 22.1. The van der Waals surface area contributed by atoms with Crippen molar-refractivity contribution in [1.29, 1.82) is 0 Å². The summed E-state index contributed by atoms with van der Waals surface area (Å²) in [5.74, 6) is -0.410. The van der Waals surface area contributed by atoms with Crippen LogP contribution in [0.3, 0.4) is 0 Å². The van der Waals surface area contributed by atoms with Gasteiger partial charge in [-0.05, 0) is 36.1 Å². The number of carbonyl (C=O) groups is 2. The van der Waals surface area contributed by atoms with Gasteiger partial charge in [-0.3, -0.25) is 9.59 Å². The summed E-state index contributed by atoms with van der Waals surface area (Å²) in [5, 5.41) is 13.0. The fourth-order valence-electron chi connectivity index (χ4n) is 4.04. The van der Waals surface area contributed by atoms with Gasteiger partial charge in [0, 0.05) is 35.9 Å². The lowest BCUT2D eigenvalue weighted by Crippen LogP contribution is -2.31. The summed E-state index contributed by atoms with van der Waals surface area (Å²) in [6, 6.07) is 8.12. The quantitative estimate of drug-likeness (QED) is 0.351. The van der Waals surface area contributed by atoms with Gasteiger partial charge in [-0.15, -0.1) is 11.3 Å². The molecular weight excluding hydrogens is 430 g/mol. The molecule has 2 aliphatic rings. The summed E-state index contributed by atoms with van der Waals surface area (Å²) in [6.45, 7) is 1.92. The second-order valence-corrected chi connectivity index (χ2v) is 8.50. The lowest BCUT2D eigenvalue weighted by Gasteiger charge is -2.24. The molecule has 4 heterocycles. The highest BCUT2D eigenvalue weighted by Gasteiger charge is 2.46. The van der Waals surface area contributed by atoms with Crippen molar-refractivity contribution in [2.24, 2.45) is 0 Å². The number of benzene rings is 1. The lowest BCUT2D eigenvalue weighted by molar-refractivity contribution is -0.139. The predicted molar refractivity (Wildman–Crippen MR) is 118 cm³/mol. The van der Waals surface area contributed by atoms with E-state index in [9.17, 15) is 14.7 Å². The topological polar surface area (TPSA) is 93.9 Å². The number of imidazole rings is 1. The summed E-state index contributed by atoms with van der Waals surface area (Å²) in [6.07, 6.45) is 5.92. The number of ketones is 1. The van der Waals surface area contributed by atoms with E-state index in [4.69, 9.17) is 9.47 Å². The number of hydrogen-bond acceptors (Lipinski definition) is 7. The number of likely N-dealkylation sites (tertiary alicyclic amines) is 1. The summed E-state index contributed by atoms with van der Waals surface area (Å²) in [5.41, 5.74) is 0.504. The molecule has 32 heavy (non-hydrogen) atoms. The molecule has 164 valence electrons. The van der Waals surface area contributed by atoms with E-state index < -0.39 is 17.7 Å². The van der Waals surface area contributed by atoms with Crippen LogP contribution in [0.4, 0.5) is 0 Å². The first-order valence-electron chi connectivity index (χ1n) is 10.3. The van der Waals surface area contributed by atoms with E-state index in [-0.39, 0.29) is 11.3 Å². The summed E-state index contributed by atoms with van der Waals surface area (Å²) < 4.78 is 13.1. The van der Waals surface area contributed by atoms with E-state index in [1.807, 2.05) is 28.3 Å². The Hall–Kier alpha value is -3.59. The molecule has 1 aromatic carbocycles. The SMILES string of the molecule is O=C1C(=O)N(CCCn2ccnc2)[C@@H](c2cccs2)C1=C(O)c1ccc2c(c1)OCCO2. The Labute approximate surface area is 188 Å². The maximum Gasteiger partial charge on any atom is 0.295 e. The number of aryl methyl sites for hydroxylation is 1. The molecule has 0 radical (unpaired) electrons. The Bertz CT molecular complexity index is 1170. The van der Waals surface area contributed by atoms with E-state index in [0.29, 0.717) is 49.8 Å². The Morgan fingerprint density at radius 1 is 1.16 bits per heavy atom. The van der Waals surface area contributed by atoms with Crippen LogP contribution in [0.2, 0.25) is 0 Å². The number of thiophene rings is 1. The number of amides is 1. The zero-order valence-electron chi connectivity index (χ0n) is 17.1. The summed E-state index contributed by atoms with van der Waals surface area (Å²) >= 11 is 1.45. The van der Waals surface area contributed by atoms with Crippen molar-refractivity contribution < 1.29 is 24.2 Å². The smallest absolute Gasteiger partial charge is 0.295 e. The fourth-order valence-corrected chi connectivity index (χ4v) is 4.89. The lowest BCUT2D eigenvalue weighted by atomic mass is 9.99. The van der Waals surface area contributed by atoms with Gasteiger partial charge >= 0.3 is 0 Å². The number of fused-ring (bicyclic) bond motifs is 1. The van der Waals surface area contributed by atoms with Crippen LogP contribution in [0.25, 0.3) is 5.76 Å². The maximum absolute atomic E-state index is 13.0. The van der Waals surface area contributed by atoms with Crippen molar-refractivity contribution in [3.63, 3.8) is 0 Å². The van der Waals surface area contributed by atoms with Crippen LogP contribution in [-0.4, -0.2) is 51.0 Å². The monoisotopic (exact) mass is 451 g/mol. The number of rotatable bonds is 6. The number of aliphatic hydroxyl groups excluding tert-OH is 1. The van der Waals surface area contributed by atoms with Gasteiger partial charge in [0.15, 0.2) is 11.5 Å². The van der Waals surface area contributed by atoms with Gasteiger partial charge in [0.25, 0.3) is 11.7 Å². The minimum absolute atomic E-state index is 0.0942. The van der Waals surface area contributed by atoms with E-state index in [1.54, 1.807) is 35.6 Å². The van der Waals surface area contributed by atoms with Crippen molar-refractivity contribution in [2.45, 2.75) is 19.0 Å². The Morgan fingerprint density at radius 2 is 2.00 bits per heavy atom. The van der Waals surface area contributed by atoms with Gasteiger partial charge in [-0.2, -0.15) is 0 Å². The fraction of sp³-hybridized carbons (Fsp3) is 0.261. The molecule has 3 aromatic rings. The molecule has 0 aliphatic carbocycles.